The molecule has 3 rings (SSSR count). The largest absolute Gasteiger partial charge is 0.370 e. The van der Waals surface area contributed by atoms with Crippen LogP contribution in [0.2, 0.25) is 5.02 Å². The van der Waals surface area contributed by atoms with E-state index >= 15 is 0 Å². The summed E-state index contributed by atoms with van der Waals surface area (Å²) in [6.45, 7) is 2.70. The van der Waals surface area contributed by atoms with Gasteiger partial charge in [0.25, 0.3) is 5.91 Å². The Morgan fingerprint density at radius 1 is 0.929 bits per heavy atom. The van der Waals surface area contributed by atoms with Crippen molar-refractivity contribution in [2.45, 2.75) is 19.3 Å². The van der Waals surface area contributed by atoms with Gasteiger partial charge in [-0.05, 0) is 49.6 Å². The molecule has 0 spiro atoms. The third-order valence-corrected chi connectivity index (χ3v) is 4.94. The second-order valence-electron chi connectivity index (χ2n) is 6.72. The van der Waals surface area contributed by atoms with Crippen LogP contribution < -0.4 is 20.9 Å². The van der Waals surface area contributed by atoms with Gasteiger partial charge >= 0.3 is 6.03 Å². The molecule has 1 fully saturated rings. The van der Waals surface area contributed by atoms with Gasteiger partial charge in [-0.1, -0.05) is 29.8 Å². The summed E-state index contributed by atoms with van der Waals surface area (Å²) >= 11 is 6.41. The lowest BCUT2D eigenvalue weighted by Gasteiger charge is -2.29. The summed E-state index contributed by atoms with van der Waals surface area (Å²) in [6.07, 6.45) is 3.62. The molecule has 1 saturated heterocycles. The second-order valence-corrected chi connectivity index (χ2v) is 7.12. The zero-order chi connectivity index (χ0) is 19.8. The third kappa shape index (κ3) is 5.63. The van der Waals surface area contributed by atoms with Crippen molar-refractivity contribution < 1.29 is 9.59 Å². The molecule has 0 bridgehead atoms. The van der Waals surface area contributed by atoms with Crippen LogP contribution in [0.4, 0.5) is 16.2 Å². The molecule has 7 heteroatoms. The number of carbonyl (C=O) groups is 2. The van der Waals surface area contributed by atoms with E-state index in [-0.39, 0.29) is 11.9 Å². The van der Waals surface area contributed by atoms with E-state index in [2.05, 4.69) is 20.9 Å². The molecule has 2 aromatic carbocycles. The summed E-state index contributed by atoms with van der Waals surface area (Å²) < 4.78 is 0. The maximum Gasteiger partial charge on any atom is 0.319 e. The van der Waals surface area contributed by atoms with E-state index in [1.807, 2.05) is 30.3 Å². The summed E-state index contributed by atoms with van der Waals surface area (Å²) in [6, 6.07) is 14.2. The first-order valence-electron chi connectivity index (χ1n) is 9.56. The molecule has 0 unspecified atom stereocenters. The molecule has 148 valence electrons. The fourth-order valence-corrected chi connectivity index (χ4v) is 3.49. The monoisotopic (exact) mass is 400 g/mol. The van der Waals surface area contributed by atoms with Crippen molar-refractivity contribution in [3.63, 3.8) is 0 Å². The summed E-state index contributed by atoms with van der Waals surface area (Å²) in [7, 11) is 0. The minimum atomic E-state index is -0.337. The Kier molecular flexibility index (Phi) is 7.14. The number of amides is 3. The average molecular weight is 401 g/mol. The van der Waals surface area contributed by atoms with Crippen LogP contribution in [-0.2, 0) is 0 Å². The highest BCUT2D eigenvalue weighted by Crippen LogP contribution is 2.30. The molecule has 28 heavy (non-hydrogen) atoms. The first-order valence-corrected chi connectivity index (χ1v) is 9.94. The van der Waals surface area contributed by atoms with Crippen LogP contribution in [0.1, 0.15) is 29.6 Å². The fourth-order valence-electron chi connectivity index (χ4n) is 3.19. The molecule has 0 aliphatic carbocycles. The maximum absolute atomic E-state index is 12.0. The molecule has 1 heterocycles. The molecule has 0 radical (unpaired) electrons. The molecular weight excluding hydrogens is 376 g/mol. The van der Waals surface area contributed by atoms with Gasteiger partial charge in [0.05, 0.1) is 10.7 Å². The standard InChI is InChI=1S/C21H25ClN4O2/c22-18-15-17(9-10-19(18)26-13-5-2-6-14-26)25-21(28)24-12-11-23-20(27)16-7-3-1-4-8-16/h1,3-4,7-10,15H,2,5-6,11-14H2,(H,23,27)(H2,24,25,28). The molecule has 0 atom stereocenters. The zero-order valence-corrected chi connectivity index (χ0v) is 16.5. The Hall–Kier alpha value is -2.73. The minimum absolute atomic E-state index is 0.164. The van der Waals surface area contributed by atoms with E-state index in [1.165, 1.54) is 19.3 Å². The molecule has 6 nitrogen and oxygen atoms in total. The van der Waals surface area contributed by atoms with E-state index in [9.17, 15) is 9.59 Å². The number of urea groups is 1. The Morgan fingerprint density at radius 2 is 1.64 bits per heavy atom. The van der Waals surface area contributed by atoms with Crippen LogP contribution in [0.3, 0.4) is 0 Å². The summed E-state index contributed by atoms with van der Waals surface area (Å²) in [4.78, 5) is 26.2. The average Bonchev–Trinajstić information content (AvgIpc) is 2.72. The number of hydrogen-bond donors (Lipinski definition) is 3. The molecule has 3 N–H and O–H groups in total. The van der Waals surface area contributed by atoms with Crippen LogP contribution in [-0.4, -0.2) is 38.1 Å². The van der Waals surface area contributed by atoms with Crippen molar-refractivity contribution in [3.8, 4) is 0 Å². The van der Waals surface area contributed by atoms with Gasteiger partial charge in [0.2, 0.25) is 0 Å². The van der Waals surface area contributed by atoms with Crippen molar-refractivity contribution in [1.29, 1.82) is 0 Å². The predicted octanol–water partition coefficient (Wildman–Crippen LogP) is 3.88. The number of piperidine rings is 1. The smallest absolute Gasteiger partial charge is 0.319 e. The van der Waals surface area contributed by atoms with Crippen LogP contribution in [0, 0.1) is 0 Å². The van der Waals surface area contributed by atoms with Crippen molar-refractivity contribution in [3.05, 3.63) is 59.1 Å². The molecule has 2 aromatic rings. The van der Waals surface area contributed by atoms with Crippen molar-refractivity contribution in [2.75, 3.05) is 36.4 Å². The Labute approximate surface area is 170 Å². The van der Waals surface area contributed by atoms with Gasteiger partial charge in [-0.3, -0.25) is 4.79 Å². The van der Waals surface area contributed by atoms with Crippen LogP contribution in [0.5, 0.6) is 0 Å². The second kappa shape index (κ2) is 9.99. The molecule has 1 aliphatic heterocycles. The highest BCUT2D eigenvalue weighted by molar-refractivity contribution is 6.33. The topological polar surface area (TPSA) is 73.5 Å². The lowest BCUT2D eigenvalue weighted by molar-refractivity contribution is 0.0954. The number of nitrogens with zero attached hydrogens (tertiary/aromatic N) is 1. The normalized spacial score (nSPS) is 13.7. The zero-order valence-electron chi connectivity index (χ0n) is 15.7. The van der Waals surface area contributed by atoms with Gasteiger partial charge in [-0.25, -0.2) is 4.79 Å². The predicted molar refractivity (Wildman–Crippen MR) is 113 cm³/mol. The number of nitrogens with one attached hydrogen (secondary N) is 3. The van der Waals surface area contributed by atoms with E-state index in [0.717, 1.165) is 18.8 Å². The number of anilines is 2. The van der Waals surface area contributed by atoms with Crippen molar-refractivity contribution in [2.24, 2.45) is 0 Å². The number of hydrogen-bond acceptors (Lipinski definition) is 3. The van der Waals surface area contributed by atoms with Crippen LogP contribution in [0.25, 0.3) is 0 Å². The van der Waals surface area contributed by atoms with Crippen molar-refractivity contribution in [1.82, 2.24) is 10.6 Å². The summed E-state index contributed by atoms with van der Waals surface area (Å²) in [5, 5.41) is 8.88. The minimum Gasteiger partial charge on any atom is -0.370 e. The SMILES string of the molecule is O=C(NCCNC(=O)c1ccccc1)Nc1ccc(N2CCCCC2)c(Cl)c1. The van der Waals surface area contributed by atoms with Gasteiger partial charge in [-0.15, -0.1) is 0 Å². The molecule has 0 saturated carbocycles. The number of benzene rings is 2. The lowest BCUT2D eigenvalue weighted by atomic mass is 10.1. The quantitative estimate of drug-likeness (QED) is 0.644. The fraction of sp³-hybridized carbons (Fsp3) is 0.333. The first-order chi connectivity index (χ1) is 13.6. The molecular formula is C21H25ClN4O2. The van der Waals surface area contributed by atoms with E-state index in [4.69, 9.17) is 11.6 Å². The van der Waals surface area contributed by atoms with Gasteiger partial charge in [-0.2, -0.15) is 0 Å². The Bertz CT molecular complexity index is 807. The number of halogens is 1. The molecule has 3 amide bonds. The van der Waals surface area contributed by atoms with Gasteiger partial charge in [0, 0.05) is 37.4 Å². The summed E-state index contributed by atoms with van der Waals surface area (Å²) in [5.74, 6) is -0.164. The van der Waals surface area contributed by atoms with E-state index in [1.54, 1.807) is 18.2 Å². The Morgan fingerprint density at radius 3 is 2.36 bits per heavy atom. The third-order valence-electron chi connectivity index (χ3n) is 4.63. The van der Waals surface area contributed by atoms with Gasteiger partial charge in [0.15, 0.2) is 0 Å². The molecule has 0 aromatic heterocycles. The number of rotatable bonds is 6. The van der Waals surface area contributed by atoms with Crippen LogP contribution >= 0.6 is 11.6 Å². The molecule has 1 aliphatic rings. The lowest BCUT2D eigenvalue weighted by Crippen LogP contribution is -2.36. The van der Waals surface area contributed by atoms with Crippen LogP contribution in [0.15, 0.2) is 48.5 Å². The summed E-state index contributed by atoms with van der Waals surface area (Å²) in [5.41, 5.74) is 2.24. The van der Waals surface area contributed by atoms with E-state index in [0.29, 0.717) is 29.4 Å². The van der Waals surface area contributed by atoms with E-state index < -0.39 is 0 Å². The highest BCUT2D eigenvalue weighted by atomic mass is 35.5. The first kappa shape index (κ1) is 20.0. The number of carbonyl (C=O) groups excluding carboxylic acids is 2. The van der Waals surface area contributed by atoms with Gasteiger partial charge in [0.1, 0.15) is 0 Å². The maximum atomic E-state index is 12.0. The Balaban J connectivity index is 1.42. The highest BCUT2D eigenvalue weighted by Gasteiger charge is 2.14. The van der Waals surface area contributed by atoms with Gasteiger partial charge < -0.3 is 20.9 Å². The van der Waals surface area contributed by atoms with Crippen molar-refractivity contribution >= 4 is 34.9 Å².